The van der Waals surface area contributed by atoms with Crippen molar-refractivity contribution < 1.29 is 27.4 Å². The quantitative estimate of drug-likeness (QED) is 0.143. The van der Waals surface area contributed by atoms with Gasteiger partial charge in [-0.3, -0.25) is 10.2 Å². The number of anilines is 1. The highest BCUT2D eigenvalue weighted by atomic mass is 32.2. The molecule has 4 N–H and O–H groups in total. The standard InChI is InChI=1S/C17H22N2O3S.C7H13NO3/c1-13-8-9-16(14(2)12-13)22-11-5-10-19-23(20,21)17-7-4-3-6-15(17)18;1-3-10-6(8)5-7(9)11-4-2/h3-4,6-9,12,19H,5,10-11,18H2,1-2H3;8H,3-5H2,1-2H3. The Morgan fingerprint density at radius 1 is 1.06 bits per heavy atom. The van der Waals surface area contributed by atoms with Gasteiger partial charge in [0.2, 0.25) is 10.0 Å². The Bertz CT molecular complexity index is 1020. The van der Waals surface area contributed by atoms with E-state index in [4.69, 9.17) is 20.6 Å². The van der Waals surface area contributed by atoms with Gasteiger partial charge in [-0.2, -0.15) is 0 Å². The van der Waals surface area contributed by atoms with E-state index in [-0.39, 0.29) is 22.9 Å². The topological polar surface area (TPSA) is 141 Å². The summed E-state index contributed by atoms with van der Waals surface area (Å²) in [5.74, 6) is 0.377. The molecule has 2 aromatic carbocycles. The molecule has 0 spiro atoms. The van der Waals surface area contributed by atoms with Gasteiger partial charge >= 0.3 is 5.97 Å². The highest BCUT2D eigenvalue weighted by molar-refractivity contribution is 7.89. The van der Waals surface area contributed by atoms with E-state index in [1.54, 1.807) is 32.0 Å². The molecule has 0 aliphatic carbocycles. The molecule has 34 heavy (non-hydrogen) atoms. The van der Waals surface area contributed by atoms with Gasteiger partial charge in [-0.05, 0) is 57.9 Å². The Morgan fingerprint density at radius 3 is 2.35 bits per heavy atom. The fourth-order valence-electron chi connectivity index (χ4n) is 2.79. The molecular weight excluding hydrogens is 458 g/mol. The fourth-order valence-corrected chi connectivity index (χ4v) is 4.00. The van der Waals surface area contributed by atoms with E-state index in [2.05, 4.69) is 15.5 Å². The third-order valence-corrected chi connectivity index (χ3v) is 5.87. The van der Waals surface area contributed by atoms with Crippen molar-refractivity contribution in [1.29, 1.82) is 5.41 Å². The molecule has 0 aliphatic rings. The molecular formula is C24H35N3O6S. The van der Waals surface area contributed by atoms with Gasteiger partial charge in [0.1, 0.15) is 17.1 Å². The number of nitrogens with two attached hydrogens (primary N) is 1. The highest BCUT2D eigenvalue weighted by Gasteiger charge is 2.15. The summed E-state index contributed by atoms with van der Waals surface area (Å²) in [7, 11) is -3.58. The Hall–Kier alpha value is -3.11. The van der Waals surface area contributed by atoms with E-state index in [1.807, 2.05) is 26.0 Å². The summed E-state index contributed by atoms with van der Waals surface area (Å²) in [4.78, 5) is 10.8. The molecule has 188 valence electrons. The molecule has 2 aromatic rings. The van der Waals surface area contributed by atoms with Gasteiger partial charge in [-0.15, -0.1) is 0 Å². The Balaban J connectivity index is 0.000000445. The lowest BCUT2D eigenvalue weighted by Gasteiger charge is -2.11. The molecule has 0 fully saturated rings. The molecule has 0 aliphatic heterocycles. The van der Waals surface area contributed by atoms with Crippen molar-refractivity contribution in [3.8, 4) is 5.75 Å². The second-order valence-corrected chi connectivity index (χ2v) is 8.98. The molecule has 0 radical (unpaired) electrons. The minimum Gasteiger partial charge on any atom is -0.493 e. The first-order valence-electron chi connectivity index (χ1n) is 11.0. The number of carbonyl (C=O) groups excluding carboxylic acids is 1. The summed E-state index contributed by atoms with van der Waals surface area (Å²) >= 11 is 0. The predicted molar refractivity (Wildman–Crippen MR) is 133 cm³/mol. The number of aryl methyl sites for hydroxylation is 2. The van der Waals surface area contributed by atoms with E-state index in [1.165, 1.54) is 11.6 Å². The molecule has 9 nitrogen and oxygen atoms in total. The van der Waals surface area contributed by atoms with E-state index in [9.17, 15) is 13.2 Å². The number of ether oxygens (including phenoxy) is 3. The van der Waals surface area contributed by atoms with Crippen LogP contribution in [0, 0.1) is 19.3 Å². The zero-order valence-electron chi connectivity index (χ0n) is 20.2. The lowest BCUT2D eigenvalue weighted by Crippen LogP contribution is -2.26. The van der Waals surface area contributed by atoms with Crippen LogP contribution in [0.2, 0.25) is 0 Å². The fraction of sp³-hybridized carbons (Fsp3) is 0.417. The van der Waals surface area contributed by atoms with Crippen molar-refractivity contribution in [2.75, 3.05) is 32.1 Å². The molecule has 0 saturated heterocycles. The first-order chi connectivity index (χ1) is 16.1. The average molecular weight is 494 g/mol. The van der Waals surface area contributed by atoms with E-state index in [0.717, 1.165) is 11.3 Å². The lowest BCUT2D eigenvalue weighted by molar-refractivity contribution is -0.141. The maximum atomic E-state index is 12.1. The van der Waals surface area contributed by atoms with Crippen LogP contribution in [0.3, 0.4) is 0 Å². The largest absolute Gasteiger partial charge is 0.493 e. The SMILES string of the molecule is CCOC(=N)CC(=O)OCC.Cc1ccc(OCCCNS(=O)(=O)c2ccccc2N)c(C)c1. The second kappa shape index (κ2) is 14.9. The number of hydrogen-bond acceptors (Lipinski definition) is 8. The van der Waals surface area contributed by atoms with Crippen molar-refractivity contribution in [3.63, 3.8) is 0 Å². The van der Waals surface area contributed by atoms with Crippen LogP contribution < -0.4 is 15.2 Å². The number of benzene rings is 2. The first kappa shape index (κ1) is 28.9. The van der Waals surface area contributed by atoms with Crippen LogP contribution in [0.15, 0.2) is 47.4 Å². The third kappa shape index (κ3) is 10.7. The summed E-state index contributed by atoms with van der Waals surface area (Å²) in [5, 5.41) is 7.07. The van der Waals surface area contributed by atoms with Crippen LogP contribution >= 0.6 is 0 Å². The monoisotopic (exact) mass is 493 g/mol. The lowest BCUT2D eigenvalue weighted by atomic mass is 10.1. The summed E-state index contributed by atoms with van der Waals surface area (Å²) in [6, 6.07) is 12.4. The van der Waals surface area contributed by atoms with Gasteiger partial charge in [-0.25, -0.2) is 13.1 Å². The maximum Gasteiger partial charge on any atom is 0.315 e. The van der Waals surface area contributed by atoms with Gasteiger partial charge in [-0.1, -0.05) is 29.8 Å². The zero-order chi connectivity index (χ0) is 25.6. The molecule has 0 atom stereocenters. The van der Waals surface area contributed by atoms with Crippen LogP contribution in [-0.2, 0) is 24.3 Å². The summed E-state index contributed by atoms with van der Waals surface area (Å²) in [6.45, 7) is 9.00. The molecule has 0 unspecified atom stereocenters. The Labute approximate surface area is 202 Å². The van der Waals surface area contributed by atoms with Crippen LogP contribution in [0.1, 0.15) is 37.8 Å². The smallest absolute Gasteiger partial charge is 0.315 e. The number of sulfonamides is 1. The third-order valence-electron chi connectivity index (χ3n) is 4.34. The summed E-state index contributed by atoms with van der Waals surface area (Å²) in [5.41, 5.74) is 8.20. The number of esters is 1. The van der Waals surface area contributed by atoms with Crippen molar-refractivity contribution in [1.82, 2.24) is 4.72 Å². The number of rotatable bonds is 11. The van der Waals surface area contributed by atoms with Crippen molar-refractivity contribution in [2.45, 2.75) is 45.4 Å². The molecule has 0 amide bonds. The molecule has 2 rings (SSSR count). The van der Waals surface area contributed by atoms with Crippen LogP contribution in [0.4, 0.5) is 5.69 Å². The van der Waals surface area contributed by atoms with Gasteiger partial charge in [0, 0.05) is 6.54 Å². The summed E-state index contributed by atoms with van der Waals surface area (Å²) in [6.07, 6.45) is 0.501. The van der Waals surface area contributed by atoms with Crippen molar-refractivity contribution >= 4 is 27.6 Å². The van der Waals surface area contributed by atoms with Crippen LogP contribution in [0.25, 0.3) is 0 Å². The number of carbonyl (C=O) groups is 1. The normalized spacial score (nSPS) is 10.6. The number of hydrogen-bond donors (Lipinski definition) is 3. The van der Waals surface area contributed by atoms with Gasteiger partial charge in [0.25, 0.3) is 0 Å². The molecule has 0 saturated carbocycles. The van der Waals surface area contributed by atoms with Gasteiger partial charge < -0.3 is 19.9 Å². The molecule has 0 heterocycles. The van der Waals surface area contributed by atoms with Gasteiger partial charge in [0.15, 0.2) is 5.90 Å². The van der Waals surface area contributed by atoms with Gasteiger partial charge in [0.05, 0.1) is 25.5 Å². The van der Waals surface area contributed by atoms with Crippen LogP contribution in [0.5, 0.6) is 5.75 Å². The molecule has 0 bridgehead atoms. The highest BCUT2D eigenvalue weighted by Crippen LogP contribution is 2.19. The van der Waals surface area contributed by atoms with Crippen molar-refractivity contribution in [2.24, 2.45) is 0 Å². The second-order valence-electron chi connectivity index (χ2n) is 7.24. The van der Waals surface area contributed by atoms with E-state index in [0.29, 0.717) is 32.8 Å². The Kier molecular flexibility index (Phi) is 12.7. The number of nitrogens with one attached hydrogen (secondary N) is 2. The first-order valence-corrected chi connectivity index (χ1v) is 12.5. The minimum absolute atomic E-state index is 0.0362. The predicted octanol–water partition coefficient (Wildman–Crippen LogP) is 3.59. The van der Waals surface area contributed by atoms with E-state index < -0.39 is 16.0 Å². The molecule has 0 aromatic heterocycles. The average Bonchev–Trinajstić information content (AvgIpc) is 2.75. The van der Waals surface area contributed by atoms with Crippen molar-refractivity contribution in [3.05, 3.63) is 53.6 Å². The Morgan fingerprint density at radius 2 is 1.74 bits per heavy atom. The summed E-state index contributed by atoms with van der Waals surface area (Å²) < 4.78 is 41.8. The number of nitrogen functional groups attached to an aromatic ring is 1. The van der Waals surface area contributed by atoms with E-state index >= 15 is 0 Å². The van der Waals surface area contributed by atoms with Crippen LogP contribution in [-0.4, -0.2) is 46.7 Å². The zero-order valence-corrected chi connectivity index (χ0v) is 21.0. The molecule has 10 heteroatoms. The maximum absolute atomic E-state index is 12.1. The number of para-hydroxylation sites is 1. The minimum atomic E-state index is -3.58.